The van der Waals surface area contributed by atoms with Gasteiger partial charge >= 0.3 is 0 Å². The van der Waals surface area contributed by atoms with Crippen molar-refractivity contribution in [2.45, 2.75) is 6.54 Å². The number of benzene rings is 1. The van der Waals surface area contributed by atoms with E-state index in [1.165, 1.54) is 0 Å². The lowest BCUT2D eigenvalue weighted by Crippen LogP contribution is -2.16. The molecule has 0 spiro atoms. The van der Waals surface area contributed by atoms with Crippen LogP contribution >= 0.6 is 0 Å². The van der Waals surface area contributed by atoms with E-state index in [1.54, 1.807) is 6.20 Å². The molecule has 7 nitrogen and oxygen atoms in total. The number of nitrogens with zero attached hydrogens (tertiary/aromatic N) is 3. The molecule has 0 amide bonds. The summed E-state index contributed by atoms with van der Waals surface area (Å²) in [5.74, 6) is 0.495. The molecule has 0 atom stereocenters. The minimum atomic E-state index is 0.121. The molecule has 0 aliphatic heterocycles. The highest BCUT2D eigenvalue weighted by Crippen LogP contribution is 2.26. The van der Waals surface area contributed by atoms with Gasteiger partial charge in [-0.15, -0.1) is 0 Å². The Morgan fingerprint density at radius 3 is 2.92 bits per heavy atom. The Hall–Kier alpha value is -2.90. The molecule has 3 heterocycles. The van der Waals surface area contributed by atoms with Crippen LogP contribution in [0.2, 0.25) is 0 Å². The van der Waals surface area contributed by atoms with Crippen molar-refractivity contribution in [1.82, 2.24) is 24.9 Å². The smallest absolute Gasteiger partial charge is 0.148 e. The fraction of sp³-hybridized carbons (Fsp3) is 0.176. The maximum atomic E-state index is 8.87. The molecule has 0 radical (unpaired) electrons. The average molecular weight is 322 g/mol. The zero-order chi connectivity index (χ0) is 16.5. The molecule has 0 saturated heterocycles. The number of hydrogen-bond acceptors (Lipinski definition) is 5. The number of nitrogen functional groups attached to an aromatic ring is 1. The van der Waals surface area contributed by atoms with Crippen molar-refractivity contribution in [3.8, 4) is 11.3 Å². The van der Waals surface area contributed by atoms with Crippen molar-refractivity contribution in [2.75, 3.05) is 18.9 Å². The van der Waals surface area contributed by atoms with E-state index in [9.17, 15) is 0 Å². The van der Waals surface area contributed by atoms with E-state index in [0.29, 0.717) is 18.9 Å². The molecule has 4 rings (SSSR count). The Bertz CT molecular complexity index is 989. The second kappa shape index (κ2) is 5.95. The zero-order valence-electron chi connectivity index (χ0n) is 13.0. The molecule has 5 N–H and O–H groups in total. The van der Waals surface area contributed by atoms with Crippen molar-refractivity contribution < 1.29 is 5.11 Å². The van der Waals surface area contributed by atoms with Crippen LogP contribution in [0.1, 0.15) is 5.56 Å². The van der Waals surface area contributed by atoms with Gasteiger partial charge in [-0.3, -0.25) is 5.10 Å². The maximum Gasteiger partial charge on any atom is 0.148 e. The fourth-order valence-corrected chi connectivity index (χ4v) is 2.91. The molecule has 0 bridgehead atoms. The number of fused-ring (bicyclic) bond motifs is 3. The van der Waals surface area contributed by atoms with Crippen molar-refractivity contribution in [2.24, 2.45) is 0 Å². The van der Waals surface area contributed by atoms with Gasteiger partial charge in [0.15, 0.2) is 0 Å². The lowest BCUT2D eigenvalue weighted by molar-refractivity contribution is 0.292. The van der Waals surface area contributed by atoms with Gasteiger partial charge in [0.25, 0.3) is 0 Å². The normalized spacial score (nSPS) is 11.5. The van der Waals surface area contributed by atoms with Gasteiger partial charge in [-0.2, -0.15) is 5.10 Å². The molecule has 122 valence electrons. The van der Waals surface area contributed by atoms with E-state index >= 15 is 0 Å². The van der Waals surface area contributed by atoms with Gasteiger partial charge in [0, 0.05) is 31.0 Å². The summed E-state index contributed by atoms with van der Waals surface area (Å²) in [6.45, 7) is 1.36. The van der Waals surface area contributed by atoms with Gasteiger partial charge in [-0.05, 0) is 29.8 Å². The third kappa shape index (κ3) is 2.49. The minimum absolute atomic E-state index is 0.121. The van der Waals surface area contributed by atoms with Crippen LogP contribution in [0.5, 0.6) is 0 Å². The topological polar surface area (TPSA) is 104 Å². The first-order valence-corrected chi connectivity index (χ1v) is 7.78. The number of H-pyrrole nitrogens is 1. The van der Waals surface area contributed by atoms with Gasteiger partial charge in [-0.25, -0.2) is 4.98 Å². The fourth-order valence-electron chi connectivity index (χ4n) is 2.91. The molecule has 24 heavy (non-hydrogen) atoms. The number of aromatic nitrogens is 4. The Labute approximate surface area is 138 Å². The predicted molar refractivity (Wildman–Crippen MR) is 93.5 cm³/mol. The molecule has 0 aliphatic rings. The summed E-state index contributed by atoms with van der Waals surface area (Å²) in [4.78, 5) is 4.54. The molecule has 0 saturated carbocycles. The molecule has 0 unspecified atom stereocenters. The highest BCUT2D eigenvalue weighted by atomic mass is 16.3. The van der Waals surface area contributed by atoms with E-state index in [1.807, 2.05) is 36.5 Å². The van der Waals surface area contributed by atoms with Gasteiger partial charge in [0.05, 0.1) is 28.9 Å². The number of anilines is 1. The quantitative estimate of drug-likeness (QED) is 0.417. The molecular weight excluding hydrogens is 304 g/mol. The second-order valence-electron chi connectivity index (χ2n) is 5.66. The van der Waals surface area contributed by atoms with Crippen molar-refractivity contribution in [3.05, 3.63) is 48.3 Å². The Kier molecular flexibility index (Phi) is 3.64. The van der Waals surface area contributed by atoms with Crippen LogP contribution in [0.15, 0.2) is 42.7 Å². The number of rotatable bonds is 5. The summed E-state index contributed by atoms with van der Waals surface area (Å²) in [5, 5.41) is 19.1. The molecule has 0 aliphatic carbocycles. The summed E-state index contributed by atoms with van der Waals surface area (Å²) >= 11 is 0. The first kappa shape index (κ1) is 14.7. The second-order valence-corrected chi connectivity index (χ2v) is 5.66. The van der Waals surface area contributed by atoms with Crippen LogP contribution in [-0.4, -0.2) is 37.8 Å². The lowest BCUT2D eigenvalue weighted by Gasteiger charge is -2.06. The summed E-state index contributed by atoms with van der Waals surface area (Å²) < 4.78 is 2.06. The van der Waals surface area contributed by atoms with Crippen LogP contribution < -0.4 is 11.1 Å². The molecule has 1 aromatic carbocycles. The van der Waals surface area contributed by atoms with Gasteiger partial charge in [0.2, 0.25) is 0 Å². The highest BCUT2D eigenvalue weighted by Gasteiger charge is 2.10. The first-order chi connectivity index (χ1) is 11.8. The summed E-state index contributed by atoms with van der Waals surface area (Å²) in [5.41, 5.74) is 11.8. The zero-order valence-corrected chi connectivity index (χ0v) is 13.0. The number of aliphatic hydroxyl groups is 1. The number of nitrogens with one attached hydrogen (secondary N) is 2. The van der Waals surface area contributed by atoms with Crippen LogP contribution in [0.3, 0.4) is 0 Å². The number of aliphatic hydroxyl groups excluding tert-OH is 1. The van der Waals surface area contributed by atoms with Crippen molar-refractivity contribution >= 4 is 22.4 Å². The van der Waals surface area contributed by atoms with Gasteiger partial charge < -0.3 is 20.6 Å². The first-order valence-electron chi connectivity index (χ1n) is 7.78. The largest absolute Gasteiger partial charge is 0.395 e. The molecule has 4 aromatic rings. The molecular formula is C17H18N6O. The monoisotopic (exact) mass is 322 g/mol. The summed E-state index contributed by atoms with van der Waals surface area (Å²) in [6, 6.07) is 9.99. The number of nitrogens with two attached hydrogens (primary N) is 1. The Morgan fingerprint density at radius 1 is 1.21 bits per heavy atom. The van der Waals surface area contributed by atoms with E-state index in [-0.39, 0.29) is 6.61 Å². The van der Waals surface area contributed by atoms with E-state index < -0.39 is 0 Å². The minimum Gasteiger partial charge on any atom is -0.395 e. The maximum absolute atomic E-state index is 8.87. The van der Waals surface area contributed by atoms with E-state index in [2.05, 4.69) is 24.9 Å². The van der Waals surface area contributed by atoms with Crippen LogP contribution in [0.25, 0.3) is 27.8 Å². The Balaban J connectivity index is 1.81. The number of hydrogen-bond donors (Lipinski definition) is 4. The average Bonchev–Trinajstić information content (AvgIpc) is 3.25. The van der Waals surface area contributed by atoms with E-state index in [4.69, 9.17) is 10.8 Å². The third-order valence-electron chi connectivity index (χ3n) is 4.03. The van der Waals surface area contributed by atoms with Crippen LogP contribution in [0.4, 0.5) is 5.82 Å². The van der Waals surface area contributed by atoms with E-state index in [0.717, 1.165) is 33.4 Å². The molecule has 7 heteroatoms. The highest BCUT2D eigenvalue weighted by molar-refractivity contribution is 5.87. The van der Waals surface area contributed by atoms with Crippen LogP contribution in [-0.2, 0) is 6.54 Å². The van der Waals surface area contributed by atoms with Crippen molar-refractivity contribution in [3.63, 3.8) is 0 Å². The Morgan fingerprint density at radius 2 is 2.12 bits per heavy atom. The lowest BCUT2D eigenvalue weighted by atomic mass is 10.1. The molecule has 3 aromatic heterocycles. The molecule has 0 fully saturated rings. The van der Waals surface area contributed by atoms with Crippen molar-refractivity contribution in [1.29, 1.82) is 0 Å². The van der Waals surface area contributed by atoms with Crippen LogP contribution in [0, 0.1) is 0 Å². The summed E-state index contributed by atoms with van der Waals surface area (Å²) in [6.07, 6.45) is 3.84. The third-order valence-corrected chi connectivity index (χ3v) is 4.03. The predicted octanol–water partition coefficient (Wildman–Crippen LogP) is 1.54. The standard InChI is InChI=1S/C17H18N6O/c18-17-16-7-11(9-19-5-6-24)10-23(16)15-2-1-12(8-14(15)21-17)13-3-4-20-22-13/h1-4,7-8,10,19,24H,5-6,9H2,(H2,18,21)(H,20,22). The SMILES string of the molecule is Nc1nc2cc(-c3cc[nH]n3)ccc2n2cc(CNCCO)cc12. The number of aromatic amines is 1. The summed E-state index contributed by atoms with van der Waals surface area (Å²) in [7, 11) is 0. The van der Waals surface area contributed by atoms with Gasteiger partial charge in [-0.1, -0.05) is 6.07 Å². The van der Waals surface area contributed by atoms with Gasteiger partial charge in [0.1, 0.15) is 5.82 Å².